The van der Waals surface area contributed by atoms with Crippen molar-refractivity contribution in [3.05, 3.63) is 0 Å². The summed E-state index contributed by atoms with van der Waals surface area (Å²) in [5.41, 5.74) is 6.68. The fraction of sp³-hybridized carbons (Fsp3) is 1.00. The summed E-state index contributed by atoms with van der Waals surface area (Å²) in [5.74, 6) is 0. The number of rotatable bonds is 2. The van der Waals surface area contributed by atoms with Gasteiger partial charge >= 0.3 is 0 Å². The highest BCUT2D eigenvalue weighted by Crippen LogP contribution is 2.70. The molecule has 2 aliphatic heterocycles. The van der Waals surface area contributed by atoms with Crippen LogP contribution in [0.25, 0.3) is 0 Å². The van der Waals surface area contributed by atoms with Gasteiger partial charge in [0.15, 0.2) is 0 Å². The lowest BCUT2D eigenvalue weighted by atomic mass is 10.2. The molecular weight excluding hydrogens is 266 g/mol. The van der Waals surface area contributed by atoms with Gasteiger partial charge in [-0.05, 0) is 72.5 Å². The lowest BCUT2D eigenvalue weighted by Crippen LogP contribution is -2.25. The Kier molecular flexibility index (Phi) is 4.61. The lowest BCUT2D eigenvalue weighted by molar-refractivity contribution is 0.777. The second-order valence-electron chi connectivity index (χ2n) is 7.51. The van der Waals surface area contributed by atoms with E-state index in [2.05, 4.69) is 27.7 Å². The zero-order chi connectivity index (χ0) is 13.6. The summed E-state index contributed by atoms with van der Waals surface area (Å²) >= 11 is 0. The molecule has 0 aromatic carbocycles. The Hall–Kier alpha value is 0.860. The summed E-state index contributed by atoms with van der Waals surface area (Å²) in [5, 5.41) is 0. The van der Waals surface area contributed by atoms with Crippen LogP contribution in [0.2, 0.25) is 0 Å². The van der Waals surface area contributed by atoms with Crippen molar-refractivity contribution in [2.75, 3.05) is 0 Å². The van der Waals surface area contributed by atoms with Crippen molar-refractivity contribution in [3.63, 3.8) is 0 Å². The maximum atomic E-state index is 2.58. The zero-order valence-electron chi connectivity index (χ0n) is 13.3. The third kappa shape index (κ3) is 2.66. The summed E-state index contributed by atoms with van der Waals surface area (Å²) in [4.78, 5) is 0. The second kappa shape index (κ2) is 5.93. The van der Waals surface area contributed by atoms with Crippen molar-refractivity contribution >= 4 is 15.8 Å². The molecule has 3 fully saturated rings. The lowest BCUT2D eigenvalue weighted by Gasteiger charge is -2.38. The van der Waals surface area contributed by atoms with Gasteiger partial charge in [-0.3, -0.25) is 0 Å². The Balaban J connectivity index is 1.77. The van der Waals surface area contributed by atoms with Crippen molar-refractivity contribution in [1.29, 1.82) is 0 Å². The smallest absolute Gasteiger partial charge is 0.0136 e. The topological polar surface area (TPSA) is 0 Å². The highest BCUT2D eigenvalue weighted by molar-refractivity contribution is 7.64. The molecule has 0 bridgehead atoms. The van der Waals surface area contributed by atoms with E-state index in [0.717, 1.165) is 22.6 Å². The maximum absolute atomic E-state index is 2.58. The molecule has 0 amide bonds. The van der Waals surface area contributed by atoms with E-state index in [1.54, 1.807) is 44.9 Å². The zero-order valence-corrected chi connectivity index (χ0v) is 15.1. The van der Waals surface area contributed by atoms with Crippen LogP contribution in [0.4, 0.5) is 0 Å². The van der Waals surface area contributed by atoms with Crippen LogP contribution in [-0.4, -0.2) is 34.0 Å². The summed E-state index contributed by atoms with van der Waals surface area (Å²) in [7, 11) is 0.708. The minimum Gasteiger partial charge on any atom is -0.0971 e. The van der Waals surface area contributed by atoms with Crippen molar-refractivity contribution in [3.8, 4) is 0 Å². The van der Waals surface area contributed by atoms with E-state index in [4.69, 9.17) is 0 Å². The van der Waals surface area contributed by atoms with E-state index in [1.165, 1.54) is 11.3 Å². The van der Waals surface area contributed by atoms with E-state index in [9.17, 15) is 0 Å². The molecule has 2 heterocycles. The second-order valence-corrected chi connectivity index (χ2v) is 14.2. The number of hydrogen-bond donors (Lipinski definition) is 0. The first-order valence-electron chi connectivity index (χ1n) is 8.64. The molecule has 19 heavy (non-hydrogen) atoms. The van der Waals surface area contributed by atoms with Crippen molar-refractivity contribution in [2.45, 2.75) is 107 Å². The fourth-order valence-electron chi connectivity index (χ4n) is 5.35. The highest BCUT2D eigenvalue weighted by Gasteiger charge is 2.47. The molecule has 2 saturated heterocycles. The van der Waals surface area contributed by atoms with Crippen LogP contribution in [0.3, 0.4) is 0 Å². The molecule has 0 radical (unpaired) electrons. The largest absolute Gasteiger partial charge is 0.0971 e. The van der Waals surface area contributed by atoms with Crippen LogP contribution in [0, 0.1) is 0 Å². The third-order valence-electron chi connectivity index (χ3n) is 6.25. The Labute approximate surface area is 123 Å². The molecule has 0 aromatic heterocycles. The SMILES string of the molecule is C[C@H]1CC[C@H](C)P1[C@@H]1CCC[C@H]1P1[C@@H](C)CC[C@@H]1C. The molecule has 110 valence electrons. The van der Waals surface area contributed by atoms with Gasteiger partial charge in [0, 0.05) is 0 Å². The summed E-state index contributed by atoms with van der Waals surface area (Å²) in [6.07, 6.45) is 10.9. The molecule has 0 nitrogen and oxygen atoms in total. The molecule has 3 rings (SSSR count). The Bertz CT molecular complexity index is 266. The molecule has 3 aliphatic rings. The molecule has 0 aromatic rings. The minimum absolute atomic E-state index is 0.354. The monoisotopic (exact) mass is 298 g/mol. The molecule has 2 heteroatoms. The Morgan fingerprint density at radius 2 is 0.842 bits per heavy atom. The van der Waals surface area contributed by atoms with Crippen molar-refractivity contribution in [1.82, 2.24) is 0 Å². The van der Waals surface area contributed by atoms with E-state index in [1.807, 2.05) is 0 Å². The van der Waals surface area contributed by atoms with Crippen LogP contribution in [0.15, 0.2) is 0 Å². The quantitative estimate of drug-likeness (QED) is 0.547. The maximum Gasteiger partial charge on any atom is -0.0136 e. The Morgan fingerprint density at radius 1 is 0.526 bits per heavy atom. The average molecular weight is 298 g/mol. The predicted octanol–water partition coefficient (Wildman–Crippen LogP) is 6.01. The van der Waals surface area contributed by atoms with Crippen molar-refractivity contribution in [2.24, 2.45) is 0 Å². The van der Waals surface area contributed by atoms with Gasteiger partial charge in [0.05, 0.1) is 0 Å². The summed E-state index contributed by atoms with van der Waals surface area (Å²) in [6, 6.07) is 0. The average Bonchev–Trinajstić information content (AvgIpc) is 3.02. The summed E-state index contributed by atoms with van der Waals surface area (Å²) < 4.78 is 0. The normalized spacial score (nSPS) is 49.3. The van der Waals surface area contributed by atoms with Crippen molar-refractivity contribution < 1.29 is 0 Å². The first-order chi connectivity index (χ1) is 9.09. The standard InChI is InChI=1S/C17H32P2/c1-12-8-9-13(2)18(12)16-6-5-7-17(16)19-14(3)10-11-15(19)4/h12-17H,5-11H2,1-4H3/t12-,13-,14-,15-,16+,17+/m0/s1. The van der Waals surface area contributed by atoms with Gasteiger partial charge in [-0.1, -0.05) is 50.0 Å². The van der Waals surface area contributed by atoms with Gasteiger partial charge in [-0.25, -0.2) is 0 Å². The first kappa shape index (κ1) is 14.8. The van der Waals surface area contributed by atoms with Crippen LogP contribution >= 0.6 is 15.8 Å². The van der Waals surface area contributed by atoms with Crippen LogP contribution in [-0.2, 0) is 0 Å². The van der Waals surface area contributed by atoms with Crippen LogP contribution < -0.4 is 0 Å². The molecule has 0 N–H and O–H groups in total. The van der Waals surface area contributed by atoms with E-state index < -0.39 is 0 Å². The number of hydrogen-bond acceptors (Lipinski definition) is 0. The molecule has 1 aliphatic carbocycles. The van der Waals surface area contributed by atoms with E-state index in [0.29, 0.717) is 15.8 Å². The first-order valence-corrected chi connectivity index (χ1v) is 11.7. The molecular formula is C17H32P2. The molecule has 1 saturated carbocycles. The Morgan fingerprint density at radius 3 is 1.16 bits per heavy atom. The molecule has 0 unspecified atom stereocenters. The fourth-order valence-corrected chi connectivity index (χ4v) is 14.5. The van der Waals surface area contributed by atoms with Gasteiger partial charge < -0.3 is 0 Å². The van der Waals surface area contributed by atoms with E-state index >= 15 is 0 Å². The molecule has 0 spiro atoms. The van der Waals surface area contributed by atoms with Crippen LogP contribution in [0.1, 0.15) is 72.6 Å². The third-order valence-corrected chi connectivity index (χ3v) is 14.4. The van der Waals surface area contributed by atoms with Crippen LogP contribution in [0.5, 0.6) is 0 Å². The van der Waals surface area contributed by atoms with Gasteiger partial charge in [0.1, 0.15) is 0 Å². The van der Waals surface area contributed by atoms with Gasteiger partial charge in [-0.15, -0.1) is 0 Å². The predicted molar refractivity (Wildman–Crippen MR) is 91.6 cm³/mol. The highest BCUT2D eigenvalue weighted by atomic mass is 31.1. The van der Waals surface area contributed by atoms with Gasteiger partial charge in [-0.2, -0.15) is 0 Å². The molecule has 6 atom stereocenters. The van der Waals surface area contributed by atoms with Gasteiger partial charge in [0.25, 0.3) is 0 Å². The minimum atomic E-state index is 0.354. The van der Waals surface area contributed by atoms with Gasteiger partial charge in [0.2, 0.25) is 0 Å². The summed E-state index contributed by atoms with van der Waals surface area (Å²) in [6.45, 7) is 10.3. The van der Waals surface area contributed by atoms with E-state index in [-0.39, 0.29) is 0 Å².